The van der Waals surface area contributed by atoms with Crippen molar-refractivity contribution in [3.05, 3.63) is 63.9 Å². The fourth-order valence-corrected chi connectivity index (χ4v) is 4.52. The molecule has 2 atom stereocenters. The summed E-state index contributed by atoms with van der Waals surface area (Å²) in [5.41, 5.74) is 0.806. The van der Waals surface area contributed by atoms with Gasteiger partial charge in [-0.3, -0.25) is 4.79 Å². The van der Waals surface area contributed by atoms with E-state index in [4.69, 9.17) is 32.7 Å². The highest BCUT2D eigenvalue weighted by Gasteiger charge is 2.27. The standard InChI is InChI=1S/C21H20Cl2N4O3S/c1-12(14-8-7-13(22)9-15(14)23)24-19(28)11-31-21-26-25-20(27(21)2)18-10-29-16-5-3-4-6-17(16)30-18/h3-9,12,18H,10-11H2,1-2H3,(H,24,28)/t12-,18+/m1/s1. The van der Waals surface area contributed by atoms with Crippen LogP contribution in [0.25, 0.3) is 0 Å². The molecular weight excluding hydrogens is 459 g/mol. The Morgan fingerprint density at radius 1 is 1.26 bits per heavy atom. The van der Waals surface area contributed by atoms with Crippen LogP contribution >= 0.6 is 35.0 Å². The number of thioether (sulfide) groups is 1. The third kappa shape index (κ3) is 4.92. The second-order valence-corrected chi connectivity index (χ2v) is 8.79. The third-order valence-corrected chi connectivity index (χ3v) is 6.39. The first-order chi connectivity index (χ1) is 14.9. The number of benzene rings is 2. The average Bonchev–Trinajstić information content (AvgIpc) is 3.12. The van der Waals surface area contributed by atoms with Gasteiger partial charge in [0.15, 0.2) is 28.6 Å². The summed E-state index contributed by atoms with van der Waals surface area (Å²) in [5, 5.41) is 13.1. The number of carbonyl (C=O) groups excluding carboxylic acids is 1. The Labute approximate surface area is 194 Å². The third-order valence-electron chi connectivity index (χ3n) is 4.80. The van der Waals surface area contributed by atoms with E-state index in [-0.39, 0.29) is 23.8 Å². The predicted molar refractivity (Wildman–Crippen MR) is 120 cm³/mol. The van der Waals surface area contributed by atoms with Gasteiger partial charge in [-0.05, 0) is 36.8 Å². The Hall–Kier alpha value is -2.42. The van der Waals surface area contributed by atoms with Crippen LogP contribution in [-0.4, -0.2) is 33.0 Å². The van der Waals surface area contributed by atoms with Crippen molar-refractivity contribution in [2.45, 2.75) is 24.2 Å². The van der Waals surface area contributed by atoms with E-state index < -0.39 is 0 Å². The van der Waals surface area contributed by atoms with Crippen molar-refractivity contribution in [2.24, 2.45) is 7.05 Å². The first kappa shape index (κ1) is 21.8. The van der Waals surface area contributed by atoms with Gasteiger partial charge in [-0.2, -0.15) is 0 Å². The summed E-state index contributed by atoms with van der Waals surface area (Å²) >= 11 is 13.5. The lowest BCUT2D eigenvalue weighted by atomic mass is 10.1. The van der Waals surface area contributed by atoms with E-state index in [9.17, 15) is 4.79 Å². The number of hydrogen-bond acceptors (Lipinski definition) is 6. The van der Waals surface area contributed by atoms with Crippen molar-refractivity contribution in [1.82, 2.24) is 20.1 Å². The molecule has 162 valence electrons. The van der Waals surface area contributed by atoms with Gasteiger partial charge in [0, 0.05) is 17.1 Å². The van der Waals surface area contributed by atoms with Crippen molar-refractivity contribution < 1.29 is 14.3 Å². The monoisotopic (exact) mass is 478 g/mol. The molecule has 0 bridgehead atoms. The fourth-order valence-electron chi connectivity index (χ4n) is 3.22. The second kappa shape index (κ2) is 9.38. The Bertz CT molecular complexity index is 1110. The van der Waals surface area contributed by atoms with Gasteiger partial charge in [0.05, 0.1) is 11.8 Å². The summed E-state index contributed by atoms with van der Waals surface area (Å²) in [6.45, 7) is 2.21. The minimum Gasteiger partial charge on any atom is -0.485 e. The maximum atomic E-state index is 12.4. The molecule has 0 fully saturated rings. The van der Waals surface area contributed by atoms with Crippen LogP contribution in [0.2, 0.25) is 10.0 Å². The largest absolute Gasteiger partial charge is 0.485 e. The van der Waals surface area contributed by atoms with Crippen molar-refractivity contribution in [2.75, 3.05) is 12.4 Å². The molecule has 7 nitrogen and oxygen atoms in total. The molecule has 3 aromatic rings. The zero-order chi connectivity index (χ0) is 22.0. The molecular formula is C21H20Cl2N4O3S. The van der Waals surface area contributed by atoms with Crippen LogP contribution < -0.4 is 14.8 Å². The van der Waals surface area contributed by atoms with Crippen LogP contribution in [0.1, 0.15) is 30.5 Å². The lowest BCUT2D eigenvalue weighted by Crippen LogP contribution is -2.28. The molecule has 1 amide bonds. The van der Waals surface area contributed by atoms with Crippen LogP contribution in [0.15, 0.2) is 47.6 Å². The predicted octanol–water partition coefficient (Wildman–Crippen LogP) is 4.60. The van der Waals surface area contributed by atoms with Crippen molar-refractivity contribution >= 4 is 40.9 Å². The number of halogens is 2. The number of para-hydroxylation sites is 2. The van der Waals surface area contributed by atoms with Crippen molar-refractivity contribution in [3.8, 4) is 11.5 Å². The van der Waals surface area contributed by atoms with E-state index >= 15 is 0 Å². The van der Waals surface area contributed by atoms with Gasteiger partial charge in [-0.1, -0.05) is 53.2 Å². The zero-order valence-electron chi connectivity index (χ0n) is 16.8. The maximum Gasteiger partial charge on any atom is 0.230 e. The number of aromatic nitrogens is 3. The Balaban J connectivity index is 1.35. The number of ether oxygens (including phenoxy) is 2. The lowest BCUT2D eigenvalue weighted by molar-refractivity contribution is -0.119. The molecule has 1 N–H and O–H groups in total. The number of amides is 1. The van der Waals surface area contributed by atoms with Crippen LogP contribution in [0.4, 0.5) is 0 Å². The molecule has 4 rings (SSSR count). The number of carbonyl (C=O) groups is 1. The van der Waals surface area contributed by atoms with E-state index in [1.54, 1.807) is 12.1 Å². The van der Waals surface area contributed by atoms with Crippen LogP contribution in [-0.2, 0) is 11.8 Å². The van der Waals surface area contributed by atoms with Gasteiger partial charge in [-0.25, -0.2) is 0 Å². The summed E-state index contributed by atoms with van der Waals surface area (Å²) in [6.07, 6.45) is -0.373. The molecule has 0 saturated heterocycles. The molecule has 1 aliphatic heterocycles. The summed E-state index contributed by atoms with van der Waals surface area (Å²) in [4.78, 5) is 12.4. The molecule has 1 aliphatic rings. The number of nitrogens with one attached hydrogen (secondary N) is 1. The highest BCUT2D eigenvalue weighted by molar-refractivity contribution is 7.99. The smallest absolute Gasteiger partial charge is 0.230 e. The van der Waals surface area contributed by atoms with E-state index in [1.807, 2.05) is 48.9 Å². The molecule has 0 unspecified atom stereocenters. The van der Waals surface area contributed by atoms with Crippen LogP contribution in [0, 0.1) is 0 Å². The average molecular weight is 479 g/mol. The van der Waals surface area contributed by atoms with Crippen LogP contribution in [0.3, 0.4) is 0 Å². The normalized spacial score (nSPS) is 16.1. The van der Waals surface area contributed by atoms with Crippen LogP contribution in [0.5, 0.6) is 11.5 Å². The van der Waals surface area contributed by atoms with E-state index in [0.29, 0.717) is 39.1 Å². The summed E-state index contributed by atoms with van der Waals surface area (Å²) in [5.74, 6) is 2.07. The first-order valence-corrected chi connectivity index (χ1v) is 11.3. The minimum absolute atomic E-state index is 0.140. The molecule has 0 saturated carbocycles. The van der Waals surface area contributed by atoms with Gasteiger partial charge in [0.25, 0.3) is 0 Å². The molecule has 1 aromatic heterocycles. The van der Waals surface area contributed by atoms with Gasteiger partial charge >= 0.3 is 0 Å². The fraction of sp³-hybridized carbons (Fsp3) is 0.286. The summed E-state index contributed by atoms with van der Waals surface area (Å²) in [7, 11) is 1.84. The number of fused-ring (bicyclic) bond motifs is 1. The Morgan fingerprint density at radius 2 is 2.03 bits per heavy atom. The number of hydrogen-bond donors (Lipinski definition) is 1. The molecule has 2 heterocycles. The number of nitrogens with zero attached hydrogens (tertiary/aromatic N) is 3. The van der Waals surface area contributed by atoms with Gasteiger partial charge < -0.3 is 19.4 Å². The van der Waals surface area contributed by atoms with Gasteiger partial charge in [-0.15, -0.1) is 10.2 Å². The van der Waals surface area contributed by atoms with Gasteiger partial charge in [0.2, 0.25) is 5.91 Å². The molecule has 0 spiro atoms. The zero-order valence-corrected chi connectivity index (χ0v) is 19.2. The van der Waals surface area contributed by atoms with E-state index in [0.717, 1.165) is 5.56 Å². The molecule has 10 heteroatoms. The first-order valence-electron chi connectivity index (χ1n) is 9.57. The van der Waals surface area contributed by atoms with E-state index in [1.165, 1.54) is 11.8 Å². The topological polar surface area (TPSA) is 78.3 Å². The van der Waals surface area contributed by atoms with Crippen molar-refractivity contribution in [1.29, 1.82) is 0 Å². The molecule has 2 aromatic carbocycles. The summed E-state index contributed by atoms with van der Waals surface area (Å²) < 4.78 is 13.6. The highest BCUT2D eigenvalue weighted by atomic mass is 35.5. The maximum absolute atomic E-state index is 12.4. The molecule has 0 radical (unpaired) electrons. The quantitative estimate of drug-likeness (QED) is 0.521. The van der Waals surface area contributed by atoms with E-state index in [2.05, 4.69) is 15.5 Å². The van der Waals surface area contributed by atoms with Gasteiger partial charge in [0.1, 0.15) is 6.61 Å². The Kier molecular flexibility index (Phi) is 6.60. The summed E-state index contributed by atoms with van der Waals surface area (Å²) in [6, 6.07) is 12.5. The molecule has 0 aliphatic carbocycles. The number of rotatable bonds is 6. The second-order valence-electron chi connectivity index (χ2n) is 7.01. The SMILES string of the molecule is C[C@@H](NC(=O)CSc1nnc([C@@H]2COc3ccccc3O2)n1C)c1ccc(Cl)cc1Cl. The lowest BCUT2D eigenvalue weighted by Gasteiger charge is -2.25. The van der Waals surface area contributed by atoms with Crippen molar-refractivity contribution in [3.63, 3.8) is 0 Å². The highest BCUT2D eigenvalue weighted by Crippen LogP contribution is 2.35. The molecule has 31 heavy (non-hydrogen) atoms. The Morgan fingerprint density at radius 3 is 2.81 bits per heavy atom. The minimum atomic E-state index is -0.373.